The molecular formula is C10H22N4O3. The number of likely N-dealkylation sites (N-methyl/N-ethyl adjacent to an activating group) is 1. The first-order valence-electron chi connectivity index (χ1n) is 5.75. The van der Waals surface area contributed by atoms with E-state index in [0.717, 1.165) is 13.0 Å². The predicted molar refractivity (Wildman–Crippen MR) is 62.6 cm³/mol. The summed E-state index contributed by atoms with van der Waals surface area (Å²) in [5, 5.41) is 9.64. The van der Waals surface area contributed by atoms with Crippen LogP contribution in [0, 0.1) is 0 Å². The SMILES string of the molecule is CN(C)CC1CC(O)CN1CCC(=O)ONN. The monoisotopic (exact) mass is 246 g/mol. The molecule has 1 rings (SSSR count). The zero-order valence-electron chi connectivity index (χ0n) is 10.4. The van der Waals surface area contributed by atoms with E-state index in [9.17, 15) is 9.90 Å². The first kappa shape index (κ1) is 14.3. The molecule has 0 amide bonds. The molecule has 1 saturated heterocycles. The van der Waals surface area contributed by atoms with Crippen LogP contribution in [0.5, 0.6) is 0 Å². The molecule has 17 heavy (non-hydrogen) atoms. The standard InChI is InChI=1S/C10H22N4O3/c1-13(2)6-8-5-9(15)7-14(8)4-3-10(16)17-12-11/h8-9,12,15H,3-7,11H2,1-2H3. The van der Waals surface area contributed by atoms with Gasteiger partial charge in [-0.3, -0.25) is 9.69 Å². The van der Waals surface area contributed by atoms with Gasteiger partial charge in [-0.25, -0.2) is 5.84 Å². The fourth-order valence-electron chi connectivity index (χ4n) is 2.19. The minimum Gasteiger partial charge on any atom is -0.392 e. The highest BCUT2D eigenvalue weighted by molar-refractivity contribution is 5.69. The van der Waals surface area contributed by atoms with Crippen molar-refractivity contribution in [3.8, 4) is 0 Å². The second kappa shape index (κ2) is 6.87. The maximum absolute atomic E-state index is 11.1. The summed E-state index contributed by atoms with van der Waals surface area (Å²) in [5.41, 5.74) is 1.87. The lowest BCUT2D eigenvalue weighted by Crippen LogP contribution is -2.39. The molecule has 4 N–H and O–H groups in total. The molecule has 0 radical (unpaired) electrons. The fourth-order valence-corrected chi connectivity index (χ4v) is 2.19. The normalized spacial score (nSPS) is 25.5. The molecule has 7 nitrogen and oxygen atoms in total. The van der Waals surface area contributed by atoms with Crippen LogP contribution >= 0.6 is 0 Å². The van der Waals surface area contributed by atoms with Gasteiger partial charge in [0.15, 0.2) is 0 Å². The third-order valence-corrected chi connectivity index (χ3v) is 2.86. The van der Waals surface area contributed by atoms with Crippen molar-refractivity contribution in [2.75, 3.05) is 33.7 Å². The largest absolute Gasteiger partial charge is 0.392 e. The Bertz CT molecular complexity index is 250. The van der Waals surface area contributed by atoms with Gasteiger partial charge in [0.2, 0.25) is 0 Å². The Morgan fingerprint density at radius 3 is 2.94 bits per heavy atom. The number of carbonyl (C=O) groups excluding carboxylic acids is 1. The summed E-state index contributed by atoms with van der Waals surface area (Å²) in [6, 6.07) is 0.290. The first-order valence-corrected chi connectivity index (χ1v) is 5.75. The van der Waals surface area contributed by atoms with Gasteiger partial charge in [-0.15, -0.1) is 0 Å². The van der Waals surface area contributed by atoms with Gasteiger partial charge in [-0.2, -0.15) is 0 Å². The third kappa shape index (κ3) is 4.97. The predicted octanol–water partition coefficient (Wildman–Crippen LogP) is -1.71. The lowest BCUT2D eigenvalue weighted by molar-refractivity contribution is -0.151. The highest BCUT2D eigenvalue weighted by Gasteiger charge is 2.31. The summed E-state index contributed by atoms with van der Waals surface area (Å²) >= 11 is 0. The van der Waals surface area contributed by atoms with Crippen molar-refractivity contribution in [2.24, 2.45) is 5.84 Å². The van der Waals surface area contributed by atoms with E-state index in [4.69, 9.17) is 5.84 Å². The van der Waals surface area contributed by atoms with E-state index in [2.05, 4.69) is 14.6 Å². The number of hydrazine groups is 1. The van der Waals surface area contributed by atoms with Crippen LogP contribution in [0.1, 0.15) is 12.8 Å². The van der Waals surface area contributed by atoms with E-state index >= 15 is 0 Å². The zero-order chi connectivity index (χ0) is 12.8. The maximum atomic E-state index is 11.1. The molecule has 0 aliphatic carbocycles. The van der Waals surface area contributed by atoms with E-state index in [-0.39, 0.29) is 12.5 Å². The Kier molecular flexibility index (Phi) is 5.79. The summed E-state index contributed by atoms with van der Waals surface area (Å²) in [4.78, 5) is 19.8. The van der Waals surface area contributed by atoms with Gasteiger partial charge in [0.25, 0.3) is 0 Å². The quantitative estimate of drug-likeness (QED) is 0.380. The van der Waals surface area contributed by atoms with Crippen molar-refractivity contribution < 1.29 is 14.7 Å². The topological polar surface area (TPSA) is 91.1 Å². The molecule has 0 spiro atoms. The number of aliphatic hydroxyl groups is 1. The Balaban J connectivity index is 2.36. The van der Waals surface area contributed by atoms with Crippen LogP contribution in [-0.2, 0) is 9.63 Å². The number of hydrogen-bond donors (Lipinski definition) is 3. The van der Waals surface area contributed by atoms with Gasteiger partial charge in [0.1, 0.15) is 0 Å². The molecule has 0 aromatic rings. The van der Waals surface area contributed by atoms with Crippen molar-refractivity contribution in [3.63, 3.8) is 0 Å². The average molecular weight is 246 g/mol. The zero-order valence-corrected chi connectivity index (χ0v) is 10.4. The average Bonchev–Trinajstić information content (AvgIpc) is 2.55. The van der Waals surface area contributed by atoms with Gasteiger partial charge < -0.3 is 14.8 Å². The second-order valence-corrected chi connectivity index (χ2v) is 4.64. The van der Waals surface area contributed by atoms with Crippen LogP contribution < -0.4 is 11.4 Å². The number of nitrogens with one attached hydrogen (secondary N) is 1. The van der Waals surface area contributed by atoms with Crippen LogP contribution in [0.15, 0.2) is 0 Å². The molecule has 0 saturated carbocycles. The van der Waals surface area contributed by atoms with Crippen LogP contribution in [0.25, 0.3) is 0 Å². The molecule has 1 fully saturated rings. The smallest absolute Gasteiger partial charge is 0.327 e. The number of β-amino-alcohol motifs (C(OH)–C–C–N with tert-alkyl or cyclic N) is 1. The Labute approximate surface area is 101 Å². The van der Waals surface area contributed by atoms with Crippen molar-refractivity contribution in [1.29, 1.82) is 0 Å². The van der Waals surface area contributed by atoms with Crippen LogP contribution in [-0.4, -0.2) is 66.8 Å². The van der Waals surface area contributed by atoms with Crippen molar-refractivity contribution in [3.05, 3.63) is 0 Å². The maximum Gasteiger partial charge on any atom is 0.327 e. The molecule has 0 aromatic carbocycles. The number of rotatable bonds is 6. The molecule has 7 heteroatoms. The third-order valence-electron chi connectivity index (χ3n) is 2.86. The van der Waals surface area contributed by atoms with Crippen LogP contribution in [0.3, 0.4) is 0 Å². The van der Waals surface area contributed by atoms with Crippen molar-refractivity contribution >= 4 is 5.97 Å². The Morgan fingerprint density at radius 2 is 2.35 bits per heavy atom. The number of nitrogens with zero attached hydrogens (tertiary/aromatic N) is 2. The molecule has 0 aromatic heterocycles. The lowest BCUT2D eigenvalue weighted by Gasteiger charge is -2.26. The molecule has 1 aliphatic rings. The summed E-state index contributed by atoms with van der Waals surface area (Å²) in [6.07, 6.45) is 0.715. The van der Waals surface area contributed by atoms with E-state index in [1.807, 2.05) is 19.7 Å². The van der Waals surface area contributed by atoms with Crippen molar-refractivity contribution in [2.45, 2.75) is 25.0 Å². The molecule has 1 aliphatic heterocycles. The minimum absolute atomic E-state index is 0.265. The number of aliphatic hydroxyl groups excluding tert-OH is 1. The summed E-state index contributed by atoms with van der Waals surface area (Å²) < 4.78 is 0. The van der Waals surface area contributed by atoms with Crippen LogP contribution in [0.4, 0.5) is 0 Å². The number of nitrogens with two attached hydrogens (primary N) is 1. The van der Waals surface area contributed by atoms with Gasteiger partial charge in [0.05, 0.1) is 12.5 Å². The van der Waals surface area contributed by atoms with Crippen molar-refractivity contribution in [1.82, 2.24) is 15.4 Å². The van der Waals surface area contributed by atoms with Crippen LogP contribution in [0.2, 0.25) is 0 Å². The molecule has 2 atom stereocenters. The summed E-state index contributed by atoms with van der Waals surface area (Å²) in [7, 11) is 3.99. The van der Waals surface area contributed by atoms with E-state index in [1.165, 1.54) is 0 Å². The van der Waals surface area contributed by atoms with Gasteiger partial charge >= 0.3 is 5.97 Å². The highest BCUT2D eigenvalue weighted by Crippen LogP contribution is 2.18. The number of carbonyl (C=O) groups is 1. The Morgan fingerprint density at radius 1 is 1.65 bits per heavy atom. The molecule has 2 unspecified atom stereocenters. The van der Waals surface area contributed by atoms with E-state index in [0.29, 0.717) is 19.1 Å². The molecular weight excluding hydrogens is 224 g/mol. The van der Waals surface area contributed by atoms with Gasteiger partial charge in [0, 0.05) is 25.7 Å². The highest BCUT2D eigenvalue weighted by atomic mass is 16.7. The molecule has 100 valence electrons. The fraction of sp³-hybridized carbons (Fsp3) is 0.900. The van der Waals surface area contributed by atoms with E-state index < -0.39 is 5.97 Å². The lowest BCUT2D eigenvalue weighted by atomic mass is 10.2. The first-order chi connectivity index (χ1) is 8.02. The number of likely N-dealkylation sites (tertiary alicyclic amines) is 1. The summed E-state index contributed by atoms with van der Waals surface area (Å²) in [5.74, 6) is 4.48. The Hall–Kier alpha value is -0.730. The summed E-state index contributed by atoms with van der Waals surface area (Å²) in [6.45, 7) is 2.07. The number of hydrogen-bond acceptors (Lipinski definition) is 7. The molecule has 1 heterocycles. The second-order valence-electron chi connectivity index (χ2n) is 4.64. The van der Waals surface area contributed by atoms with Gasteiger partial charge in [-0.1, -0.05) is 5.59 Å². The minimum atomic E-state index is -0.391. The van der Waals surface area contributed by atoms with E-state index in [1.54, 1.807) is 0 Å². The molecule has 0 bridgehead atoms. The van der Waals surface area contributed by atoms with Gasteiger partial charge in [-0.05, 0) is 20.5 Å².